The van der Waals surface area contributed by atoms with Crippen molar-refractivity contribution < 1.29 is 9.59 Å². The quantitative estimate of drug-likeness (QED) is 0.732. The Morgan fingerprint density at radius 1 is 1.14 bits per heavy atom. The van der Waals surface area contributed by atoms with Gasteiger partial charge in [-0.1, -0.05) is 29.8 Å². The van der Waals surface area contributed by atoms with Crippen LogP contribution in [0.4, 0.5) is 0 Å². The van der Waals surface area contributed by atoms with Gasteiger partial charge in [-0.15, -0.1) is 0 Å². The number of hydrogen-bond donors (Lipinski definition) is 3. The van der Waals surface area contributed by atoms with Crippen molar-refractivity contribution in [3.63, 3.8) is 0 Å². The van der Waals surface area contributed by atoms with E-state index in [0.717, 1.165) is 31.5 Å². The van der Waals surface area contributed by atoms with Crippen molar-refractivity contribution in [1.82, 2.24) is 16.0 Å². The van der Waals surface area contributed by atoms with Crippen molar-refractivity contribution >= 4 is 11.8 Å². The van der Waals surface area contributed by atoms with Gasteiger partial charge in [0.05, 0.1) is 6.54 Å². The fraction of sp³-hybridized carbons (Fsp3) is 0.529. The van der Waals surface area contributed by atoms with Crippen LogP contribution in [-0.4, -0.2) is 37.5 Å². The summed E-state index contributed by atoms with van der Waals surface area (Å²) in [5, 5.41) is 8.90. The SMILES string of the molecule is Cc1ccc(CCC(=O)NCC(=O)NC2CCNCC2)cc1. The Balaban J connectivity index is 1.62. The third-order valence-corrected chi connectivity index (χ3v) is 3.91. The van der Waals surface area contributed by atoms with Gasteiger partial charge in [-0.3, -0.25) is 9.59 Å². The summed E-state index contributed by atoms with van der Waals surface area (Å²) in [5.74, 6) is -0.184. The second-order valence-electron chi connectivity index (χ2n) is 5.85. The van der Waals surface area contributed by atoms with E-state index in [1.807, 2.05) is 31.2 Å². The molecule has 0 spiro atoms. The topological polar surface area (TPSA) is 70.2 Å². The van der Waals surface area contributed by atoms with E-state index in [1.54, 1.807) is 0 Å². The zero-order valence-electron chi connectivity index (χ0n) is 13.2. The average Bonchev–Trinajstić information content (AvgIpc) is 2.53. The molecule has 5 nitrogen and oxygen atoms in total. The summed E-state index contributed by atoms with van der Waals surface area (Å²) in [7, 11) is 0. The van der Waals surface area contributed by atoms with Crippen molar-refractivity contribution in [3.8, 4) is 0 Å². The van der Waals surface area contributed by atoms with Crippen LogP contribution in [0.1, 0.15) is 30.4 Å². The van der Waals surface area contributed by atoms with Crippen LogP contribution in [0.3, 0.4) is 0 Å². The Hall–Kier alpha value is -1.88. The van der Waals surface area contributed by atoms with Crippen molar-refractivity contribution in [2.75, 3.05) is 19.6 Å². The molecule has 1 aliphatic rings. The number of benzene rings is 1. The second kappa shape index (κ2) is 8.54. The van der Waals surface area contributed by atoms with E-state index < -0.39 is 0 Å². The van der Waals surface area contributed by atoms with Crippen molar-refractivity contribution in [2.24, 2.45) is 0 Å². The largest absolute Gasteiger partial charge is 0.352 e. The minimum Gasteiger partial charge on any atom is -0.352 e. The lowest BCUT2D eigenvalue weighted by molar-refractivity contribution is -0.126. The van der Waals surface area contributed by atoms with Gasteiger partial charge in [0.15, 0.2) is 0 Å². The van der Waals surface area contributed by atoms with Crippen LogP contribution in [0.15, 0.2) is 24.3 Å². The summed E-state index contributed by atoms with van der Waals surface area (Å²) >= 11 is 0. The Bertz CT molecular complexity index is 493. The first-order valence-corrected chi connectivity index (χ1v) is 7.96. The van der Waals surface area contributed by atoms with Crippen molar-refractivity contribution in [2.45, 2.75) is 38.6 Å². The number of carbonyl (C=O) groups is 2. The summed E-state index contributed by atoms with van der Waals surface area (Å²) in [5.41, 5.74) is 2.35. The lowest BCUT2D eigenvalue weighted by Crippen LogP contribution is -2.46. The van der Waals surface area contributed by atoms with Gasteiger partial charge in [0.1, 0.15) is 0 Å². The molecule has 1 aliphatic heterocycles. The van der Waals surface area contributed by atoms with E-state index in [-0.39, 0.29) is 24.4 Å². The molecule has 1 heterocycles. The summed E-state index contributed by atoms with van der Waals surface area (Å²) in [6.45, 7) is 3.98. The molecule has 2 rings (SSSR count). The number of rotatable bonds is 6. The Labute approximate surface area is 131 Å². The summed E-state index contributed by atoms with van der Waals surface area (Å²) in [6, 6.07) is 8.39. The zero-order valence-corrected chi connectivity index (χ0v) is 13.2. The highest BCUT2D eigenvalue weighted by atomic mass is 16.2. The van der Waals surface area contributed by atoms with Gasteiger partial charge in [0, 0.05) is 12.5 Å². The van der Waals surface area contributed by atoms with E-state index in [1.165, 1.54) is 5.56 Å². The van der Waals surface area contributed by atoms with Crippen LogP contribution < -0.4 is 16.0 Å². The third-order valence-electron chi connectivity index (χ3n) is 3.91. The van der Waals surface area contributed by atoms with Crippen LogP contribution in [0.5, 0.6) is 0 Å². The average molecular weight is 303 g/mol. The number of carbonyl (C=O) groups excluding carboxylic acids is 2. The molecule has 1 aromatic rings. The van der Waals surface area contributed by atoms with Crippen LogP contribution in [-0.2, 0) is 16.0 Å². The maximum atomic E-state index is 11.8. The molecular formula is C17H25N3O2. The number of amides is 2. The number of aryl methyl sites for hydroxylation is 2. The Kier molecular flexibility index (Phi) is 6.40. The molecule has 0 radical (unpaired) electrons. The molecule has 22 heavy (non-hydrogen) atoms. The van der Waals surface area contributed by atoms with Crippen LogP contribution in [0, 0.1) is 6.92 Å². The summed E-state index contributed by atoms with van der Waals surface area (Å²) in [6.07, 6.45) is 3.01. The highest BCUT2D eigenvalue weighted by molar-refractivity contribution is 5.84. The Morgan fingerprint density at radius 3 is 2.50 bits per heavy atom. The first kappa shape index (κ1) is 16.5. The van der Waals surface area contributed by atoms with Gasteiger partial charge in [0.2, 0.25) is 11.8 Å². The van der Waals surface area contributed by atoms with Crippen LogP contribution in [0.25, 0.3) is 0 Å². The predicted octanol–water partition coefficient (Wildman–Crippen LogP) is 0.912. The monoisotopic (exact) mass is 303 g/mol. The molecule has 1 saturated heterocycles. The van der Waals surface area contributed by atoms with E-state index in [9.17, 15) is 9.59 Å². The molecule has 0 atom stereocenters. The van der Waals surface area contributed by atoms with Crippen molar-refractivity contribution in [1.29, 1.82) is 0 Å². The van der Waals surface area contributed by atoms with Gasteiger partial charge >= 0.3 is 0 Å². The number of nitrogens with one attached hydrogen (secondary N) is 3. The first-order chi connectivity index (χ1) is 10.6. The molecule has 5 heteroatoms. The maximum Gasteiger partial charge on any atom is 0.239 e. The highest BCUT2D eigenvalue weighted by Crippen LogP contribution is 2.05. The number of hydrogen-bond acceptors (Lipinski definition) is 3. The molecule has 0 bridgehead atoms. The molecule has 0 unspecified atom stereocenters. The van der Waals surface area contributed by atoms with Gasteiger partial charge in [-0.05, 0) is 44.8 Å². The van der Waals surface area contributed by atoms with Crippen molar-refractivity contribution in [3.05, 3.63) is 35.4 Å². The molecule has 120 valence electrons. The van der Waals surface area contributed by atoms with Crippen LogP contribution in [0.2, 0.25) is 0 Å². The molecule has 1 fully saturated rings. The normalized spacial score (nSPS) is 15.3. The lowest BCUT2D eigenvalue weighted by Gasteiger charge is -2.23. The highest BCUT2D eigenvalue weighted by Gasteiger charge is 2.15. The minimum absolute atomic E-state index is 0.0661. The van der Waals surface area contributed by atoms with E-state index in [4.69, 9.17) is 0 Å². The molecule has 1 aromatic carbocycles. The van der Waals surface area contributed by atoms with E-state index in [0.29, 0.717) is 12.8 Å². The van der Waals surface area contributed by atoms with E-state index in [2.05, 4.69) is 16.0 Å². The maximum absolute atomic E-state index is 11.8. The molecule has 3 N–H and O–H groups in total. The molecule has 2 amide bonds. The molecular weight excluding hydrogens is 278 g/mol. The fourth-order valence-corrected chi connectivity index (χ4v) is 2.52. The summed E-state index contributed by atoms with van der Waals surface area (Å²) < 4.78 is 0. The standard InChI is InChI=1S/C17H25N3O2/c1-13-2-4-14(5-3-13)6-7-16(21)19-12-17(22)20-15-8-10-18-11-9-15/h2-5,15,18H,6-12H2,1H3,(H,19,21)(H,20,22). The first-order valence-electron chi connectivity index (χ1n) is 7.96. The summed E-state index contributed by atoms with van der Waals surface area (Å²) in [4.78, 5) is 23.6. The molecule has 0 saturated carbocycles. The van der Waals surface area contributed by atoms with Gasteiger partial charge < -0.3 is 16.0 Å². The third kappa shape index (κ3) is 5.85. The smallest absolute Gasteiger partial charge is 0.239 e. The molecule has 0 aliphatic carbocycles. The number of piperidine rings is 1. The van der Waals surface area contributed by atoms with Gasteiger partial charge in [-0.25, -0.2) is 0 Å². The Morgan fingerprint density at radius 2 is 1.82 bits per heavy atom. The fourth-order valence-electron chi connectivity index (χ4n) is 2.52. The predicted molar refractivity (Wildman–Crippen MR) is 86.5 cm³/mol. The van der Waals surface area contributed by atoms with Gasteiger partial charge in [-0.2, -0.15) is 0 Å². The lowest BCUT2D eigenvalue weighted by atomic mass is 10.1. The van der Waals surface area contributed by atoms with E-state index >= 15 is 0 Å². The zero-order chi connectivity index (χ0) is 15.8. The molecule has 0 aromatic heterocycles. The minimum atomic E-state index is -0.101. The second-order valence-corrected chi connectivity index (χ2v) is 5.85. The van der Waals surface area contributed by atoms with Crippen LogP contribution >= 0.6 is 0 Å². The van der Waals surface area contributed by atoms with Gasteiger partial charge in [0.25, 0.3) is 0 Å².